The van der Waals surface area contributed by atoms with Crippen LogP contribution in [0.5, 0.6) is 11.5 Å². The number of benzene rings is 1. The number of ether oxygens (including phenoxy) is 2. The standard InChI is InChI=1S/C14H18ClN3O2/c1-4-16-7-10-8-17-9-18(10)12-6-13(19-2)11(15)5-14(12)20-3/h5-6,8-9,16H,4,7H2,1-3H3. The summed E-state index contributed by atoms with van der Waals surface area (Å²) in [6, 6.07) is 3.59. The summed E-state index contributed by atoms with van der Waals surface area (Å²) in [6.45, 7) is 3.68. The molecule has 5 nitrogen and oxygen atoms in total. The van der Waals surface area contributed by atoms with Crippen LogP contribution in [-0.4, -0.2) is 30.3 Å². The van der Waals surface area contributed by atoms with E-state index in [0.717, 1.165) is 24.5 Å². The summed E-state index contributed by atoms with van der Waals surface area (Å²) in [5.41, 5.74) is 1.88. The van der Waals surface area contributed by atoms with Crippen LogP contribution in [0.4, 0.5) is 0 Å². The first kappa shape index (κ1) is 14.7. The van der Waals surface area contributed by atoms with Gasteiger partial charge in [-0.3, -0.25) is 4.57 Å². The minimum atomic E-state index is 0.515. The first-order valence-corrected chi connectivity index (χ1v) is 6.72. The van der Waals surface area contributed by atoms with Gasteiger partial charge in [-0.05, 0) is 6.54 Å². The maximum absolute atomic E-state index is 6.12. The summed E-state index contributed by atoms with van der Waals surface area (Å²) in [5, 5.41) is 3.79. The van der Waals surface area contributed by atoms with E-state index in [2.05, 4.69) is 17.2 Å². The molecular formula is C14H18ClN3O2. The Hall–Kier alpha value is -1.72. The van der Waals surface area contributed by atoms with Crippen molar-refractivity contribution < 1.29 is 9.47 Å². The lowest BCUT2D eigenvalue weighted by Crippen LogP contribution is -2.14. The fraction of sp³-hybridized carbons (Fsp3) is 0.357. The molecule has 0 atom stereocenters. The van der Waals surface area contributed by atoms with Crippen LogP contribution in [0.15, 0.2) is 24.7 Å². The molecule has 1 aromatic carbocycles. The quantitative estimate of drug-likeness (QED) is 0.890. The third-order valence-electron chi connectivity index (χ3n) is 2.98. The van der Waals surface area contributed by atoms with Crippen molar-refractivity contribution in [1.82, 2.24) is 14.9 Å². The van der Waals surface area contributed by atoms with Gasteiger partial charge in [0, 0.05) is 24.9 Å². The Bertz CT molecular complexity index is 584. The van der Waals surface area contributed by atoms with Gasteiger partial charge in [0.15, 0.2) is 0 Å². The molecule has 1 aromatic heterocycles. The summed E-state index contributed by atoms with van der Waals surface area (Å²) < 4.78 is 12.6. The van der Waals surface area contributed by atoms with Gasteiger partial charge >= 0.3 is 0 Å². The van der Waals surface area contributed by atoms with Crippen LogP contribution < -0.4 is 14.8 Å². The first-order valence-electron chi connectivity index (χ1n) is 6.35. The molecule has 1 N–H and O–H groups in total. The molecular weight excluding hydrogens is 278 g/mol. The van der Waals surface area contributed by atoms with Crippen LogP contribution in [0.3, 0.4) is 0 Å². The van der Waals surface area contributed by atoms with E-state index in [1.807, 2.05) is 16.8 Å². The zero-order chi connectivity index (χ0) is 14.5. The van der Waals surface area contributed by atoms with E-state index in [9.17, 15) is 0 Å². The molecule has 20 heavy (non-hydrogen) atoms. The van der Waals surface area contributed by atoms with E-state index < -0.39 is 0 Å². The lowest BCUT2D eigenvalue weighted by Gasteiger charge is -2.15. The number of nitrogens with zero attached hydrogens (tertiary/aromatic N) is 2. The largest absolute Gasteiger partial charge is 0.495 e. The van der Waals surface area contributed by atoms with Crippen molar-refractivity contribution in [2.75, 3.05) is 20.8 Å². The molecule has 0 saturated heterocycles. The molecule has 0 unspecified atom stereocenters. The molecule has 1 heterocycles. The maximum atomic E-state index is 6.12. The second-order valence-corrected chi connectivity index (χ2v) is 4.60. The van der Waals surface area contributed by atoms with Crippen molar-refractivity contribution in [3.8, 4) is 17.2 Å². The van der Waals surface area contributed by atoms with Gasteiger partial charge in [0.1, 0.15) is 11.5 Å². The van der Waals surface area contributed by atoms with Crippen LogP contribution in [0.2, 0.25) is 5.02 Å². The van der Waals surface area contributed by atoms with E-state index in [1.165, 1.54) is 0 Å². The van der Waals surface area contributed by atoms with Crippen LogP contribution in [-0.2, 0) is 6.54 Å². The van der Waals surface area contributed by atoms with Crippen LogP contribution in [0, 0.1) is 0 Å². The maximum Gasteiger partial charge on any atom is 0.144 e. The van der Waals surface area contributed by atoms with Crippen molar-refractivity contribution in [2.24, 2.45) is 0 Å². The van der Waals surface area contributed by atoms with Gasteiger partial charge in [0.25, 0.3) is 0 Å². The molecule has 0 aliphatic rings. The van der Waals surface area contributed by atoms with Crippen LogP contribution in [0.1, 0.15) is 12.6 Å². The normalized spacial score (nSPS) is 10.6. The molecule has 2 rings (SSSR count). The second-order valence-electron chi connectivity index (χ2n) is 4.19. The van der Waals surface area contributed by atoms with E-state index in [-0.39, 0.29) is 0 Å². The fourth-order valence-electron chi connectivity index (χ4n) is 1.96. The minimum Gasteiger partial charge on any atom is -0.495 e. The van der Waals surface area contributed by atoms with Crippen molar-refractivity contribution in [3.63, 3.8) is 0 Å². The van der Waals surface area contributed by atoms with Crippen LogP contribution in [0.25, 0.3) is 5.69 Å². The summed E-state index contributed by atoms with van der Waals surface area (Å²) in [4.78, 5) is 4.20. The molecule has 0 radical (unpaired) electrons. The number of nitrogens with one attached hydrogen (secondary N) is 1. The van der Waals surface area contributed by atoms with Crippen molar-refractivity contribution >= 4 is 11.6 Å². The van der Waals surface area contributed by atoms with E-state index in [4.69, 9.17) is 21.1 Å². The Labute approximate surface area is 123 Å². The van der Waals surface area contributed by atoms with E-state index in [0.29, 0.717) is 16.5 Å². The highest BCUT2D eigenvalue weighted by Gasteiger charge is 2.13. The van der Waals surface area contributed by atoms with Gasteiger partial charge in [0.05, 0.1) is 37.0 Å². The Morgan fingerprint density at radius 2 is 2.00 bits per heavy atom. The SMILES string of the molecule is CCNCc1cncn1-c1cc(OC)c(Cl)cc1OC. The summed E-state index contributed by atoms with van der Waals surface area (Å²) >= 11 is 6.12. The highest BCUT2D eigenvalue weighted by atomic mass is 35.5. The predicted molar refractivity (Wildman–Crippen MR) is 79.1 cm³/mol. The molecule has 0 aliphatic carbocycles. The number of methoxy groups -OCH3 is 2. The third-order valence-corrected chi connectivity index (χ3v) is 3.28. The highest BCUT2D eigenvalue weighted by molar-refractivity contribution is 6.32. The average molecular weight is 296 g/mol. The molecule has 0 fully saturated rings. The third kappa shape index (κ3) is 2.89. The minimum absolute atomic E-state index is 0.515. The van der Waals surface area contributed by atoms with Crippen LogP contribution >= 0.6 is 11.6 Å². The second kappa shape index (κ2) is 6.63. The molecule has 2 aromatic rings. The zero-order valence-corrected chi connectivity index (χ0v) is 12.6. The molecule has 0 amide bonds. The molecule has 0 saturated carbocycles. The van der Waals surface area contributed by atoms with Gasteiger partial charge in [-0.1, -0.05) is 18.5 Å². The van der Waals surface area contributed by atoms with Crippen molar-refractivity contribution in [2.45, 2.75) is 13.5 Å². The van der Waals surface area contributed by atoms with Crippen molar-refractivity contribution in [3.05, 3.63) is 35.4 Å². The lowest BCUT2D eigenvalue weighted by molar-refractivity contribution is 0.401. The molecule has 0 bridgehead atoms. The first-order chi connectivity index (χ1) is 9.71. The highest BCUT2D eigenvalue weighted by Crippen LogP contribution is 2.35. The van der Waals surface area contributed by atoms with Gasteiger partial charge in [-0.15, -0.1) is 0 Å². The predicted octanol–water partition coefficient (Wildman–Crippen LogP) is 2.65. The average Bonchev–Trinajstić information content (AvgIpc) is 2.92. The Morgan fingerprint density at radius 1 is 1.25 bits per heavy atom. The molecule has 0 aliphatic heterocycles. The Balaban J connectivity index is 2.48. The Morgan fingerprint density at radius 3 is 2.65 bits per heavy atom. The Kier molecular flexibility index (Phi) is 4.87. The molecule has 6 heteroatoms. The van der Waals surface area contributed by atoms with Gasteiger partial charge in [0.2, 0.25) is 0 Å². The van der Waals surface area contributed by atoms with E-state index in [1.54, 1.807) is 26.6 Å². The number of hydrogen-bond acceptors (Lipinski definition) is 4. The summed E-state index contributed by atoms with van der Waals surface area (Å²) in [6.07, 6.45) is 3.57. The van der Waals surface area contributed by atoms with Crippen molar-refractivity contribution in [1.29, 1.82) is 0 Å². The summed E-state index contributed by atoms with van der Waals surface area (Å²) in [5.74, 6) is 1.28. The molecule has 0 spiro atoms. The van der Waals surface area contributed by atoms with Gasteiger partial charge in [-0.25, -0.2) is 4.98 Å². The van der Waals surface area contributed by atoms with Gasteiger partial charge in [-0.2, -0.15) is 0 Å². The zero-order valence-electron chi connectivity index (χ0n) is 11.8. The lowest BCUT2D eigenvalue weighted by atomic mass is 10.2. The topological polar surface area (TPSA) is 48.3 Å². The van der Waals surface area contributed by atoms with E-state index >= 15 is 0 Å². The number of hydrogen-bond donors (Lipinski definition) is 1. The number of rotatable bonds is 6. The number of halogens is 1. The molecule has 108 valence electrons. The smallest absolute Gasteiger partial charge is 0.144 e. The summed E-state index contributed by atoms with van der Waals surface area (Å²) in [7, 11) is 3.20. The number of imidazole rings is 1. The van der Waals surface area contributed by atoms with Gasteiger partial charge < -0.3 is 14.8 Å². The number of aromatic nitrogens is 2. The fourth-order valence-corrected chi connectivity index (χ4v) is 2.19. The monoisotopic (exact) mass is 295 g/mol.